The molecule has 0 radical (unpaired) electrons. The van der Waals surface area contributed by atoms with Crippen LogP contribution < -0.4 is 25.4 Å². The average molecular weight is 431 g/mol. The van der Waals surface area contributed by atoms with Gasteiger partial charge in [-0.2, -0.15) is 13.2 Å². The van der Waals surface area contributed by atoms with Gasteiger partial charge in [-0.25, -0.2) is 0 Å². The molecule has 12 heteroatoms. The molecule has 3 N–H and O–H groups in total. The molecule has 0 saturated carbocycles. The summed E-state index contributed by atoms with van der Waals surface area (Å²) in [6.07, 6.45) is -8.35. The van der Waals surface area contributed by atoms with Gasteiger partial charge in [0.25, 0.3) is 5.91 Å². The fraction of sp³-hybridized carbons (Fsp3) is 0.222. The van der Waals surface area contributed by atoms with Crippen LogP contribution in [0.15, 0.2) is 42.5 Å². The van der Waals surface area contributed by atoms with Crippen molar-refractivity contribution in [3.05, 3.63) is 48.0 Å². The lowest BCUT2D eigenvalue weighted by molar-refractivity contribution is -0.286. The third-order valence-corrected chi connectivity index (χ3v) is 3.75. The fourth-order valence-corrected chi connectivity index (χ4v) is 2.52. The molecular weight excluding hydrogens is 417 g/mol. The first-order valence-electron chi connectivity index (χ1n) is 8.40. The molecule has 0 aromatic heterocycles. The molecule has 0 fully saturated rings. The molecule has 2 aromatic rings. The number of nitrogens with one attached hydrogen (secondary N) is 3. The number of rotatable bonds is 6. The predicted molar refractivity (Wildman–Crippen MR) is 94.6 cm³/mol. The van der Waals surface area contributed by atoms with Gasteiger partial charge in [0.05, 0.1) is 12.1 Å². The molecule has 0 saturated heterocycles. The summed E-state index contributed by atoms with van der Waals surface area (Å²) in [5.74, 6) is -2.01. The van der Waals surface area contributed by atoms with Crippen molar-refractivity contribution in [3.8, 4) is 11.5 Å². The Morgan fingerprint density at radius 3 is 2.43 bits per heavy atom. The van der Waals surface area contributed by atoms with Crippen molar-refractivity contribution in [2.45, 2.75) is 12.5 Å². The number of ether oxygens (including phenoxy) is 2. The molecular formula is C18H14F5N3O4. The van der Waals surface area contributed by atoms with Crippen molar-refractivity contribution in [1.29, 1.82) is 0 Å². The van der Waals surface area contributed by atoms with E-state index in [9.17, 15) is 31.5 Å². The zero-order valence-corrected chi connectivity index (χ0v) is 15.0. The molecule has 0 aliphatic carbocycles. The number of carbonyl (C=O) groups is 2. The van der Waals surface area contributed by atoms with Crippen LogP contribution >= 0.6 is 0 Å². The first-order valence-corrected chi connectivity index (χ1v) is 8.40. The molecule has 0 unspecified atom stereocenters. The Morgan fingerprint density at radius 2 is 1.70 bits per heavy atom. The van der Waals surface area contributed by atoms with Gasteiger partial charge >= 0.3 is 12.5 Å². The normalized spacial score (nSPS) is 14.2. The van der Waals surface area contributed by atoms with E-state index in [0.29, 0.717) is 0 Å². The highest BCUT2D eigenvalue weighted by atomic mass is 19.4. The Labute approximate surface area is 166 Å². The number of halogens is 5. The van der Waals surface area contributed by atoms with E-state index in [-0.39, 0.29) is 35.0 Å². The summed E-state index contributed by atoms with van der Waals surface area (Å²) in [5.41, 5.74) is 0.204. The SMILES string of the molecule is O=C(CNc1ccccc1C(=O)NCC(F)(F)F)Nc1ccc2c(c1)OC(F)(F)O2. The summed E-state index contributed by atoms with van der Waals surface area (Å²) in [7, 11) is 0. The molecule has 7 nitrogen and oxygen atoms in total. The van der Waals surface area contributed by atoms with Crippen LogP contribution in [-0.2, 0) is 4.79 Å². The van der Waals surface area contributed by atoms with Crippen LogP contribution in [0.2, 0.25) is 0 Å². The van der Waals surface area contributed by atoms with Crippen LogP contribution in [0, 0.1) is 0 Å². The maximum atomic E-state index is 13.0. The Bertz CT molecular complexity index is 965. The van der Waals surface area contributed by atoms with Crippen LogP contribution in [0.3, 0.4) is 0 Å². The predicted octanol–water partition coefficient (Wildman–Crippen LogP) is 3.35. The van der Waals surface area contributed by atoms with Crippen LogP contribution in [0.5, 0.6) is 11.5 Å². The van der Waals surface area contributed by atoms with Crippen LogP contribution in [0.1, 0.15) is 10.4 Å². The van der Waals surface area contributed by atoms with Crippen LogP contribution in [-0.4, -0.2) is 37.4 Å². The van der Waals surface area contributed by atoms with Crippen molar-refractivity contribution in [3.63, 3.8) is 0 Å². The second-order valence-electron chi connectivity index (χ2n) is 6.07. The molecule has 0 atom stereocenters. The summed E-state index contributed by atoms with van der Waals surface area (Å²) in [6, 6.07) is 9.35. The van der Waals surface area contributed by atoms with Gasteiger partial charge in [0.15, 0.2) is 11.5 Å². The molecule has 2 aromatic carbocycles. The largest absolute Gasteiger partial charge is 0.586 e. The number of para-hydroxylation sites is 1. The van der Waals surface area contributed by atoms with Gasteiger partial charge < -0.3 is 25.4 Å². The minimum absolute atomic E-state index is 0.0835. The smallest absolute Gasteiger partial charge is 0.395 e. The number of alkyl halides is 5. The molecule has 30 heavy (non-hydrogen) atoms. The van der Waals surface area contributed by atoms with E-state index < -0.39 is 30.8 Å². The first kappa shape index (κ1) is 21.1. The molecule has 0 spiro atoms. The highest BCUT2D eigenvalue weighted by Gasteiger charge is 2.43. The molecule has 3 rings (SSSR count). The van der Waals surface area contributed by atoms with Gasteiger partial charge in [-0.15, -0.1) is 8.78 Å². The number of amides is 2. The summed E-state index contributed by atoms with van der Waals surface area (Å²) in [5, 5.41) is 6.82. The van der Waals surface area contributed by atoms with E-state index in [4.69, 9.17) is 0 Å². The summed E-state index contributed by atoms with van der Waals surface area (Å²) >= 11 is 0. The van der Waals surface area contributed by atoms with Crippen molar-refractivity contribution in [2.24, 2.45) is 0 Å². The summed E-state index contributed by atoms with van der Waals surface area (Å²) in [4.78, 5) is 24.1. The highest BCUT2D eigenvalue weighted by molar-refractivity contribution is 6.01. The van der Waals surface area contributed by atoms with Gasteiger partial charge in [0.2, 0.25) is 5.91 Å². The van der Waals surface area contributed by atoms with Gasteiger partial charge in [0, 0.05) is 17.4 Å². The molecule has 1 aliphatic heterocycles. The van der Waals surface area contributed by atoms with Crippen molar-refractivity contribution in [2.75, 3.05) is 23.7 Å². The van der Waals surface area contributed by atoms with E-state index in [1.807, 2.05) is 0 Å². The number of hydrogen-bond donors (Lipinski definition) is 3. The van der Waals surface area contributed by atoms with Crippen LogP contribution in [0.4, 0.5) is 33.3 Å². The third kappa shape index (κ3) is 5.49. The average Bonchev–Trinajstić information content (AvgIpc) is 2.97. The standard InChI is InChI=1S/C18H14F5N3O4/c19-17(20,21)9-25-16(28)11-3-1-2-4-12(11)24-8-15(27)26-10-5-6-13-14(7-10)30-18(22,23)29-13/h1-7,24H,8-9H2,(H,25,28)(H,26,27). The minimum atomic E-state index is -4.56. The zero-order chi connectivity index (χ0) is 21.9. The Kier molecular flexibility index (Phi) is 5.67. The number of hydrogen-bond acceptors (Lipinski definition) is 5. The highest BCUT2D eigenvalue weighted by Crippen LogP contribution is 2.42. The Morgan fingerprint density at radius 1 is 1.00 bits per heavy atom. The molecule has 1 heterocycles. The second kappa shape index (κ2) is 8.05. The zero-order valence-electron chi connectivity index (χ0n) is 15.0. The van der Waals surface area contributed by atoms with Gasteiger partial charge in [0.1, 0.15) is 6.54 Å². The minimum Gasteiger partial charge on any atom is -0.395 e. The second-order valence-corrected chi connectivity index (χ2v) is 6.07. The Hall–Kier alpha value is -3.57. The maximum absolute atomic E-state index is 13.0. The fourth-order valence-electron chi connectivity index (χ4n) is 2.52. The monoisotopic (exact) mass is 431 g/mol. The van der Waals surface area contributed by atoms with Gasteiger partial charge in [-0.05, 0) is 24.3 Å². The van der Waals surface area contributed by atoms with Crippen molar-refractivity contribution < 1.29 is 41.0 Å². The van der Waals surface area contributed by atoms with Crippen LogP contribution in [0.25, 0.3) is 0 Å². The lowest BCUT2D eigenvalue weighted by Crippen LogP contribution is -2.34. The molecule has 0 bridgehead atoms. The van der Waals surface area contributed by atoms with Crippen molar-refractivity contribution in [1.82, 2.24) is 5.32 Å². The number of carbonyl (C=O) groups excluding carboxylic acids is 2. The summed E-state index contributed by atoms with van der Waals surface area (Å²) < 4.78 is 71.4. The molecule has 2 amide bonds. The quantitative estimate of drug-likeness (QED) is 0.611. The summed E-state index contributed by atoms with van der Waals surface area (Å²) in [6.45, 7) is -1.85. The van der Waals surface area contributed by atoms with Gasteiger partial charge in [-0.3, -0.25) is 9.59 Å². The van der Waals surface area contributed by atoms with E-state index in [2.05, 4.69) is 20.1 Å². The maximum Gasteiger partial charge on any atom is 0.586 e. The van der Waals surface area contributed by atoms with E-state index in [0.717, 1.165) is 6.07 Å². The lowest BCUT2D eigenvalue weighted by Gasteiger charge is -2.13. The van der Waals surface area contributed by atoms with E-state index in [1.165, 1.54) is 36.4 Å². The number of benzene rings is 2. The molecule has 1 aliphatic rings. The first-order chi connectivity index (χ1) is 14.0. The van der Waals surface area contributed by atoms with E-state index >= 15 is 0 Å². The Balaban J connectivity index is 1.59. The lowest BCUT2D eigenvalue weighted by atomic mass is 10.1. The van der Waals surface area contributed by atoms with Crippen molar-refractivity contribution >= 4 is 23.2 Å². The molecule has 160 valence electrons. The third-order valence-electron chi connectivity index (χ3n) is 3.75. The van der Waals surface area contributed by atoms with E-state index in [1.54, 1.807) is 5.32 Å². The van der Waals surface area contributed by atoms with Gasteiger partial charge in [-0.1, -0.05) is 12.1 Å². The number of anilines is 2. The topological polar surface area (TPSA) is 88.7 Å². The number of fused-ring (bicyclic) bond motifs is 1.